The number of nitriles is 1. The van der Waals surface area contributed by atoms with E-state index in [2.05, 4.69) is 26.4 Å². The van der Waals surface area contributed by atoms with Crippen LogP contribution in [-0.4, -0.2) is 39.8 Å². The van der Waals surface area contributed by atoms with Gasteiger partial charge in [0.15, 0.2) is 0 Å². The number of carbonyl (C=O) groups is 2. The lowest BCUT2D eigenvalue weighted by atomic mass is 9.88. The Balaban J connectivity index is 1.29. The van der Waals surface area contributed by atoms with E-state index >= 15 is 0 Å². The molecule has 0 unspecified atom stereocenters. The molecular formula is C26H27N5O2. The minimum atomic E-state index is -0.345. The van der Waals surface area contributed by atoms with E-state index < -0.39 is 0 Å². The highest BCUT2D eigenvalue weighted by molar-refractivity contribution is 6.04. The highest BCUT2D eigenvalue weighted by atomic mass is 16.2. The average molecular weight is 442 g/mol. The van der Waals surface area contributed by atoms with Gasteiger partial charge >= 0.3 is 0 Å². The number of pyridine rings is 1. The predicted octanol–water partition coefficient (Wildman–Crippen LogP) is 4.58. The molecule has 1 saturated carbocycles. The van der Waals surface area contributed by atoms with Gasteiger partial charge in [0.25, 0.3) is 5.91 Å². The number of rotatable bonds is 4. The molecule has 1 saturated heterocycles. The van der Waals surface area contributed by atoms with Crippen molar-refractivity contribution in [1.82, 2.24) is 14.9 Å². The third-order valence-electron chi connectivity index (χ3n) is 7.04. The fourth-order valence-corrected chi connectivity index (χ4v) is 5.22. The molecule has 2 N–H and O–H groups in total. The highest BCUT2D eigenvalue weighted by Gasteiger charge is 2.31. The van der Waals surface area contributed by atoms with Crippen molar-refractivity contribution >= 4 is 28.4 Å². The molecule has 0 radical (unpaired) electrons. The topological polar surface area (TPSA) is 102 Å². The van der Waals surface area contributed by atoms with E-state index in [1.165, 1.54) is 30.7 Å². The normalized spacial score (nSPS) is 17.2. The number of nitrogens with one attached hydrogen (secondary N) is 2. The molecule has 3 heterocycles. The second-order valence-corrected chi connectivity index (χ2v) is 9.08. The van der Waals surface area contributed by atoms with E-state index in [1.807, 2.05) is 24.3 Å². The molecule has 0 spiro atoms. The monoisotopic (exact) mass is 441 g/mol. The van der Waals surface area contributed by atoms with Gasteiger partial charge in [-0.25, -0.2) is 0 Å². The molecule has 2 fully saturated rings. The first-order valence-corrected chi connectivity index (χ1v) is 11.7. The zero-order chi connectivity index (χ0) is 22.8. The summed E-state index contributed by atoms with van der Waals surface area (Å²) in [4.78, 5) is 34.9. The summed E-state index contributed by atoms with van der Waals surface area (Å²) in [6.07, 6.45) is 9.89. The standard InChI is InChI=1S/C26H27N5O2/c27-15-17-7-10-28-24(13-17)25(32)30-20-5-6-23-21(14-20)22(16-29-23)18-8-11-31(12-9-18)26(33)19-3-1-2-4-19/h5-7,10,13-14,16,18-19,29H,1-4,8-9,11-12H2,(H,30,32). The molecule has 2 amide bonds. The number of carbonyl (C=O) groups excluding carboxylic acids is 2. The molecular weight excluding hydrogens is 414 g/mol. The zero-order valence-electron chi connectivity index (χ0n) is 18.5. The third kappa shape index (κ3) is 4.34. The van der Waals surface area contributed by atoms with Crippen molar-refractivity contribution < 1.29 is 9.59 Å². The van der Waals surface area contributed by atoms with Gasteiger partial charge in [0.1, 0.15) is 5.69 Å². The molecule has 2 aromatic heterocycles. The highest BCUT2D eigenvalue weighted by Crippen LogP contribution is 2.35. The lowest BCUT2D eigenvalue weighted by molar-refractivity contribution is -0.136. The summed E-state index contributed by atoms with van der Waals surface area (Å²) in [5.74, 6) is 0.627. The van der Waals surface area contributed by atoms with Crippen molar-refractivity contribution in [2.45, 2.75) is 44.4 Å². The Bertz CT molecular complexity index is 1230. The SMILES string of the molecule is N#Cc1ccnc(C(=O)Nc2ccc3[nH]cc(C4CCN(C(=O)C5CCCC5)CC4)c3c2)c1. The lowest BCUT2D eigenvalue weighted by Gasteiger charge is -2.33. The van der Waals surface area contributed by atoms with Gasteiger partial charge in [-0.2, -0.15) is 5.26 Å². The van der Waals surface area contributed by atoms with Crippen molar-refractivity contribution in [3.05, 3.63) is 59.5 Å². The summed E-state index contributed by atoms with van der Waals surface area (Å²) in [7, 11) is 0. The van der Waals surface area contributed by atoms with Crippen LogP contribution in [-0.2, 0) is 4.79 Å². The minimum Gasteiger partial charge on any atom is -0.361 e. The summed E-state index contributed by atoms with van der Waals surface area (Å²) in [6.45, 7) is 1.62. The van der Waals surface area contributed by atoms with E-state index in [4.69, 9.17) is 5.26 Å². The van der Waals surface area contributed by atoms with Gasteiger partial charge in [-0.05, 0) is 67.5 Å². The van der Waals surface area contributed by atoms with Crippen LogP contribution in [0.2, 0.25) is 0 Å². The van der Waals surface area contributed by atoms with E-state index in [1.54, 1.807) is 6.07 Å². The number of amides is 2. The van der Waals surface area contributed by atoms with Crippen LogP contribution in [0, 0.1) is 17.2 Å². The molecule has 0 bridgehead atoms. The summed E-state index contributed by atoms with van der Waals surface area (Å²) < 4.78 is 0. The summed E-state index contributed by atoms with van der Waals surface area (Å²) in [5, 5.41) is 13.0. The second-order valence-electron chi connectivity index (χ2n) is 9.08. The van der Waals surface area contributed by atoms with Gasteiger partial charge in [0.05, 0.1) is 11.6 Å². The van der Waals surface area contributed by atoms with Gasteiger partial charge in [-0.1, -0.05) is 12.8 Å². The smallest absolute Gasteiger partial charge is 0.274 e. The van der Waals surface area contributed by atoms with Crippen molar-refractivity contribution in [3.8, 4) is 6.07 Å². The van der Waals surface area contributed by atoms with Crippen LogP contribution < -0.4 is 5.32 Å². The Kier molecular flexibility index (Phi) is 5.82. The number of aromatic nitrogens is 2. The molecule has 0 atom stereocenters. The quantitative estimate of drug-likeness (QED) is 0.618. The fraction of sp³-hybridized carbons (Fsp3) is 0.385. The maximum atomic E-state index is 12.8. The first-order chi connectivity index (χ1) is 16.1. The van der Waals surface area contributed by atoms with Gasteiger partial charge in [-0.15, -0.1) is 0 Å². The fourth-order valence-electron chi connectivity index (χ4n) is 5.22. The van der Waals surface area contributed by atoms with Crippen molar-refractivity contribution in [1.29, 1.82) is 5.26 Å². The van der Waals surface area contributed by atoms with Crippen LogP contribution in [0.5, 0.6) is 0 Å². The van der Waals surface area contributed by atoms with Crippen LogP contribution in [0.1, 0.15) is 66.1 Å². The third-order valence-corrected chi connectivity index (χ3v) is 7.04. The van der Waals surface area contributed by atoms with E-state index in [0.717, 1.165) is 49.7 Å². The lowest BCUT2D eigenvalue weighted by Crippen LogP contribution is -2.40. The van der Waals surface area contributed by atoms with Gasteiger partial charge in [-0.3, -0.25) is 14.6 Å². The van der Waals surface area contributed by atoms with Gasteiger partial charge in [0.2, 0.25) is 5.91 Å². The second kappa shape index (κ2) is 9.07. The van der Waals surface area contributed by atoms with Crippen molar-refractivity contribution in [2.24, 2.45) is 5.92 Å². The van der Waals surface area contributed by atoms with Gasteiger partial charge in [0, 0.05) is 48.0 Å². The maximum Gasteiger partial charge on any atom is 0.274 e. The number of piperidine rings is 1. The summed E-state index contributed by atoms with van der Waals surface area (Å²) in [5.41, 5.74) is 3.56. The number of H-pyrrole nitrogens is 1. The maximum absolute atomic E-state index is 12.8. The first kappa shape index (κ1) is 21.2. The predicted molar refractivity (Wildman–Crippen MR) is 126 cm³/mol. The molecule has 7 heteroatoms. The van der Waals surface area contributed by atoms with E-state index in [9.17, 15) is 9.59 Å². The first-order valence-electron chi connectivity index (χ1n) is 11.7. The number of likely N-dealkylation sites (tertiary alicyclic amines) is 1. The van der Waals surface area contributed by atoms with Crippen LogP contribution in [0.4, 0.5) is 5.69 Å². The molecule has 168 valence electrons. The number of benzene rings is 1. The summed E-state index contributed by atoms with van der Waals surface area (Å²) >= 11 is 0. The molecule has 1 aliphatic carbocycles. The Morgan fingerprint density at radius 1 is 1.09 bits per heavy atom. The number of anilines is 1. The molecule has 33 heavy (non-hydrogen) atoms. The van der Waals surface area contributed by atoms with E-state index in [-0.39, 0.29) is 17.5 Å². The number of hydrogen-bond acceptors (Lipinski definition) is 4. The Morgan fingerprint density at radius 2 is 1.88 bits per heavy atom. The molecule has 1 aliphatic heterocycles. The summed E-state index contributed by atoms with van der Waals surface area (Å²) in [6, 6.07) is 10.9. The molecule has 1 aromatic carbocycles. The zero-order valence-corrected chi connectivity index (χ0v) is 18.5. The number of hydrogen-bond donors (Lipinski definition) is 2. The van der Waals surface area contributed by atoms with Crippen LogP contribution >= 0.6 is 0 Å². The van der Waals surface area contributed by atoms with Crippen molar-refractivity contribution in [3.63, 3.8) is 0 Å². The molecule has 3 aromatic rings. The average Bonchev–Trinajstić information content (AvgIpc) is 3.54. The van der Waals surface area contributed by atoms with Crippen LogP contribution in [0.3, 0.4) is 0 Å². The Labute approximate surface area is 192 Å². The van der Waals surface area contributed by atoms with E-state index in [0.29, 0.717) is 23.1 Å². The largest absolute Gasteiger partial charge is 0.361 e. The molecule has 2 aliphatic rings. The Morgan fingerprint density at radius 3 is 2.64 bits per heavy atom. The van der Waals surface area contributed by atoms with Crippen LogP contribution in [0.15, 0.2) is 42.7 Å². The molecule has 5 rings (SSSR count). The number of aromatic amines is 1. The van der Waals surface area contributed by atoms with Crippen LogP contribution in [0.25, 0.3) is 10.9 Å². The Hall–Kier alpha value is -3.66. The number of fused-ring (bicyclic) bond motifs is 1. The minimum absolute atomic E-state index is 0.211. The van der Waals surface area contributed by atoms with Crippen molar-refractivity contribution in [2.75, 3.05) is 18.4 Å². The molecule has 7 nitrogen and oxygen atoms in total. The number of nitrogens with zero attached hydrogens (tertiary/aromatic N) is 3. The van der Waals surface area contributed by atoms with Gasteiger partial charge < -0.3 is 15.2 Å².